The molecule has 4 rings (SSSR count). The molecule has 5 heteroatoms. The van der Waals surface area contributed by atoms with Gasteiger partial charge in [-0.25, -0.2) is 15.8 Å². The molecular weight excluding hydrogens is 238 g/mol. The minimum Gasteiger partial charge on any atom is -0.353 e. The molecule has 0 aromatic carbocycles. The van der Waals surface area contributed by atoms with Gasteiger partial charge in [0.2, 0.25) is 0 Å². The van der Waals surface area contributed by atoms with Crippen LogP contribution >= 0.6 is 0 Å². The minimum absolute atomic E-state index is 0.564. The summed E-state index contributed by atoms with van der Waals surface area (Å²) < 4.78 is 0. The van der Waals surface area contributed by atoms with E-state index in [2.05, 4.69) is 15.3 Å². The molecule has 3 fully saturated rings. The van der Waals surface area contributed by atoms with Gasteiger partial charge in [0.15, 0.2) is 0 Å². The molecule has 5 nitrogen and oxygen atoms in total. The van der Waals surface area contributed by atoms with Gasteiger partial charge in [0.25, 0.3) is 0 Å². The van der Waals surface area contributed by atoms with Crippen molar-refractivity contribution in [1.82, 2.24) is 9.97 Å². The van der Waals surface area contributed by atoms with Gasteiger partial charge in [-0.15, -0.1) is 0 Å². The summed E-state index contributed by atoms with van der Waals surface area (Å²) in [6.45, 7) is 1.16. The molecule has 0 saturated heterocycles. The Morgan fingerprint density at radius 1 is 1.16 bits per heavy atom. The highest BCUT2D eigenvalue weighted by atomic mass is 15.3. The number of nitrogens with zero attached hydrogens (tertiary/aromatic N) is 3. The summed E-state index contributed by atoms with van der Waals surface area (Å²) in [7, 11) is 0. The minimum atomic E-state index is 0.564. The van der Waals surface area contributed by atoms with Gasteiger partial charge in [-0.3, -0.25) is 0 Å². The normalized spacial score (nSPS) is 22.4. The van der Waals surface area contributed by atoms with E-state index in [1.807, 2.05) is 6.07 Å². The van der Waals surface area contributed by atoms with Gasteiger partial charge in [-0.05, 0) is 44.4 Å². The number of aromatic nitrogens is 2. The van der Waals surface area contributed by atoms with Crippen LogP contribution in [0.2, 0.25) is 0 Å². The Morgan fingerprint density at radius 2 is 1.95 bits per heavy atom. The van der Waals surface area contributed by atoms with Gasteiger partial charge in [-0.1, -0.05) is 0 Å². The molecule has 0 amide bonds. The van der Waals surface area contributed by atoms with Crippen LogP contribution in [0.1, 0.15) is 50.3 Å². The zero-order valence-corrected chi connectivity index (χ0v) is 11.2. The van der Waals surface area contributed by atoms with Crippen LogP contribution in [-0.2, 0) is 0 Å². The lowest BCUT2D eigenvalue weighted by Gasteiger charge is -2.24. The van der Waals surface area contributed by atoms with Crippen molar-refractivity contribution >= 4 is 11.6 Å². The molecule has 0 bridgehead atoms. The van der Waals surface area contributed by atoms with E-state index in [0.29, 0.717) is 12.0 Å². The van der Waals surface area contributed by atoms with Gasteiger partial charge < -0.3 is 10.3 Å². The fraction of sp³-hybridized carbons (Fsp3) is 0.714. The van der Waals surface area contributed by atoms with Gasteiger partial charge in [0.05, 0.1) is 0 Å². The lowest BCUT2D eigenvalue weighted by atomic mass is 10.3. The first-order chi connectivity index (χ1) is 9.33. The van der Waals surface area contributed by atoms with Crippen molar-refractivity contribution in [3.63, 3.8) is 0 Å². The highest BCUT2D eigenvalue weighted by Gasteiger charge is 2.35. The Balaban J connectivity index is 1.64. The highest BCUT2D eigenvalue weighted by Crippen LogP contribution is 2.41. The Labute approximate surface area is 113 Å². The Hall–Kier alpha value is -1.36. The summed E-state index contributed by atoms with van der Waals surface area (Å²) >= 11 is 0. The Morgan fingerprint density at radius 3 is 2.53 bits per heavy atom. The quantitative estimate of drug-likeness (QED) is 0.604. The summed E-state index contributed by atoms with van der Waals surface area (Å²) in [6.07, 6.45) is 7.82. The third kappa shape index (κ3) is 2.52. The number of nitrogen functional groups attached to an aromatic ring is 1. The smallest absolute Gasteiger partial charge is 0.145 e. The van der Waals surface area contributed by atoms with Crippen LogP contribution in [0.4, 0.5) is 11.6 Å². The monoisotopic (exact) mass is 259 g/mol. The number of hydrogen-bond donors (Lipinski definition) is 2. The van der Waals surface area contributed by atoms with Gasteiger partial charge >= 0.3 is 0 Å². The van der Waals surface area contributed by atoms with Crippen LogP contribution in [-0.4, -0.2) is 22.6 Å². The zero-order chi connectivity index (χ0) is 12.8. The summed E-state index contributed by atoms with van der Waals surface area (Å²) in [4.78, 5) is 11.8. The maximum atomic E-state index is 5.55. The van der Waals surface area contributed by atoms with Gasteiger partial charge in [0, 0.05) is 24.6 Å². The van der Waals surface area contributed by atoms with E-state index < -0.39 is 0 Å². The SMILES string of the molecule is NNc1cc(N(CC2CC2)C2CC2)nc(C2CC2)n1. The molecule has 19 heavy (non-hydrogen) atoms. The van der Waals surface area contributed by atoms with Gasteiger partial charge in [0.1, 0.15) is 17.5 Å². The average molecular weight is 259 g/mol. The summed E-state index contributed by atoms with van der Waals surface area (Å²) in [5.41, 5.74) is 2.70. The van der Waals surface area contributed by atoms with E-state index in [4.69, 9.17) is 10.8 Å². The number of nitrogens with one attached hydrogen (secondary N) is 1. The van der Waals surface area contributed by atoms with Crippen molar-refractivity contribution in [3.8, 4) is 0 Å². The Bertz CT molecular complexity index is 477. The molecule has 0 unspecified atom stereocenters. The summed E-state index contributed by atoms with van der Waals surface area (Å²) in [5, 5.41) is 0. The molecule has 1 aromatic rings. The fourth-order valence-corrected chi connectivity index (χ4v) is 2.59. The van der Waals surface area contributed by atoms with E-state index in [9.17, 15) is 0 Å². The van der Waals surface area contributed by atoms with Crippen LogP contribution in [0.25, 0.3) is 0 Å². The predicted octanol–water partition coefficient (Wildman–Crippen LogP) is 2.02. The van der Waals surface area contributed by atoms with Crippen molar-refractivity contribution < 1.29 is 0 Å². The third-order valence-electron chi connectivity index (χ3n) is 4.25. The molecule has 3 aliphatic carbocycles. The first-order valence-corrected chi connectivity index (χ1v) is 7.45. The second kappa shape index (κ2) is 4.34. The van der Waals surface area contributed by atoms with Crippen molar-refractivity contribution in [2.45, 2.75) is 50.5 Å². The molecule has 0 aliphatic heterocycles. The number of anilines is 2. The molecule has 102 valence electrons. The second-order valence-electron chi connectivity index (χ2n) is 6.22. The van der Waals surface area contributed by atoms with Crippen LogP contribution in [0.3, 0.4) is 0 Å². The van der Waals surface area contributed by atoms with E-state index in [1.165, 1.54) is 38.5 Å². The summed E-state index contributed by atoms with van der Waals surface area (Å²) in [5.74, 6) is 9.82. The first kappa shape index (κ1) is 11.5. The van der Waals surface area contributed by atoms with E-state index in [0.717, 1.165) is 29.9 Å². The molecule has 1 heterocycles. The van der Waals surface area contributed by atoms with Crippen LogP contribution < -0.4 is 16.2 Å². The molecule has 3 aliphatic rings. The maximum Gasteiger partial charge on any atom is 0.145 e. The van der Waals surface area contributed by atoms with Crippen LogP contribution in [0.5, 0.6) is 0 Å². The Kier molecular flexibility index (Phi) is 2.62. The van der Waals surface area contributed by atoms with Crippen LogP contribution in [0.15, 0.2) is 6.07 Å². The largest absolute Gasteiger partial charge is 0.353 e. The number of hydrazine groups is 1. The number of nitrogens with two attached hydrogens (primary N) is 1. The lowest BCUT2D eigenvalue weighted by molar-refractivity contribution is 0.703. The zero-order valence-electron chi connectivity index (χ0n) is 11.2. The van der Waals surface area contributed by atoms with Crippen molar-refractivity contribution in [2.24, 2.45) is 11.8 Å². The third-order valence-corrected chi connectivity index (χ3v) is 4.25. The lowest BCUT2D eigenvalue weighted by Crippen LogP contribution is -2.29. The first-order valence-electron chi connectivity index (χ1n) is 7.45. The standard InChI is InChI=1S/C14H21N5/c15-18-12-7-13(17-14(16-12)10-3-4-10)19(11-5-6-11)8-9-1-2-9/h7,9-11H,1-6,8,15H2,(H,16,17,18). The molecular formula is C14H21N5. The fourth-order valence-electron chi connectivity index (χ4n) is 2.59. The number of rotatable bonds is 6. The predicted molar refractivity (Wildman–Crippen MR) is 74.9 cm³/mol. The van der Waals surface area contributed by atoms with Gasteiger partial charge in [-0.2, -0.15) is 0 Å². The van der Waals surface area contributed by atoms with Crippen molar-refractivity contribution in [3.05, 3.63) is 11.9 Å². The molecule has 0 atom stereocenters. The van der Waals surface area contributed by atoms with Crippen molar-refractivity contribution in [1.29, 1.82) is 0 Å². The van der Waals surface area contributed by atoms with E-state index in [-0.39, 0.29) is 0 Å². The number of hydrogen-bond acceptors (Lipinski definition) is 5. The molecule has 1 aromatic heterocycles. The molecule has 0 radical (unpaired) electrons. The average Bonchev–Trinajstić information content (AvgIpc) is 3.32. The van der Waals surface area contributed by atoms with Crippen molar-refractivity contribution in [2.75, 3.05) is 16.9 Å². The van der Waals surface area contributed by atoms with E-state index >= 15 is 0 Å². The topological polar surface area (TPSA) is 67.1 Å². The molecule has 0 spiro atoms. The maximum absolute atomic E-state index is 5.55. The highest BCUT2D eigenvalue weighted by molar-refractivity contribution is 5.51. The summed E-state index contributed by atoms with van der Waals surface area (Å²) in [6, 6.07) is 2.71. The van der Waals surface area contributed by atoms with E-state index in [1.54, 1.807) is 0 Å². The second-order valence-corrected chi connectivity index (χ2v) is 6.22. The van der Waals surface area contributed by atoms with Crippen LogP contribution in [0, 0.1) is 5.92 Å². The molecule has 3 N–H and O–H groups in total. The molecule has 3 saturated carbocycles.